The Morgan fingerprint density at radius 3 is 2.94 bits per heavy atom. The average Bonchev–Trinajstić information content (AvgIpc) is 2.33. The monoisotopic (exact) mass is 249 g/mol. The van der Waals surface area contributed by atoms with Crippen LogP contribution < -0.4 is 5.43 Å². The van der Waals surface area contributed by atoms with Crippen LogP contribution in [0.3, 0.4) is 0 Å². The minimum Gasteiger partial charge on any atom is -0.502 e. The van der Waals surface area contributed by atoms with E-state index in [1.54, 1.807) is 6.20 Å². The molecule has 0 saturated heterocycles. The first-order valence-corrected chi connectivity index (χ1v) is 6.00. The summed E-state index contributed by atoms with van der Waals surface area (Å²) in [6.07, 6.45) is 2.84. The van der Waals surface area contributed by atoms with Crippen LogP contribution in [-0.4, -0.2) is 10.1 Å². The van der Waals surface area contributed by atoms with E-state index in [2.05, 4.69) is 4.98 Å². The van der Waals surface area contributed by atoms with Gasteiger partial charge >= 0.3 is 0 Å². The van der Waals surface area contributed by atoms with Crippen LogP contribution in [-0.2, 0) is 5.75 Å². The molecule has 5 heteroatoms. The van der Waals surface area contributed by atoms with Crippen molar-refractivity contribution in [2.75, 3.05) is 0 Å². The SMILES string of the molecule is Cc1ccc(SCc2cc(=O)c(O)co2)nc1. The maximum absolute atomic E-state index is 11.2. The number of thioether (sulfide) groups is 1. The van der Waals surface area contributed by atoms with E-state index in [1.807, 2.05) is 19.1 Å². The number of aromatic hydroxyl groups is 1. The van der Waals surface area contributed by atoms with E-state index in [-0.39, 0.29) is 5.75 Å². The van der Waals surface area contributed by atoms with Gasteiger partial charge < -0.3 is 9.52 Å². The van der Waals surface area contributed by atoms with Gasteiger partial charge in [0.2, 0.25) is 5.43 Å². The quantitative estimate of drug-likeness (QED) is 0.846. The van der Waals surface area contributed by atoms with E-state index in [0.29, 0.717) is 11.5 Å². The highest BCUT2D eigenvalue weighted by atomic mass is 32.2. The van der Waals surface area contributed by atoms with Crippen molar-refractivity contribution in [3.8, 4) is 5.75 Å². The lowest BCUT2D eigenvalue weighted by Gasteiger charge is -2.01. The first-order valence-electron chi connectivity index (χ1n) is 5.01. The number of hydrogen-bond donors (Lipinski definition) is 1. The smallest absolute Gasteiger partial charge is 0.226 e. The largest absolute Gasteiger partial charge is 0.502 e. The van der Waals surface area contributed by atoms with Crippen molar-refractivity contribution in [1.82, 2.24) is 4.98 Å². The summed E-state index contributed by atoms with van der Waals surface area (Å²) in [4.78, 5) is 15.4. The lowest BCUT2D eigenvalue weighted by molar-refractivity contribution is 0.419. The van der Waals surface area contributed by atoms with E-state index in [9.17, 15) is 4.79 Å². The molecule has 0 aromatic carbocycles. The van der Waals surface area contributed by atoms with Crippen LogP contribution in [0.25, 0.3) is 0 Å². The van der Waals surface area contributed by atoms with Crippen LogP contribution in [0.2, 0.25) is 0 Å². The van der Waals surface area contributed by atoms with E-state index in [0.717, 1.165) is 16.9 Å². The van der Waals surface area contributed by atoms with Crippen LogP contribution in [0, 0.1) is 6.92 Å². The number of rotatable bonds is 3. The van der Waals surface area contributed by atoms with E-state index >= 15 is 0 Å². The second kappa shape index (κ2) is 5.05. The molecule has 0 radical (unpaired) electrons. The van der Waals surface area contributed by atoms with Gasteiger partial charge in [0.15, 0.2) is 5.75 Å². The predicted molar refractivity (Wildman–Crippen MR) is 65.2 cm³/mol. The Hall–Kier alpha value is -1.75. The van der Waals surface area contributed by atoms with Crippen molar-refractivity contribution in [3.05, 3.63) is 52.2 Å². The highest BCUT2D eigenvalue weighted by Gasteiger charge is 2.03. The van der Waals surface area contributed by atoms with E-state index in [1.165, 1.54) is 17.8 Å². The molecule has 4 nitrogen and oxygen atoms in total. The Kier molecular flexibility index (Phi) is 3.49. The molecular weight excluding hydrogens is 238 g/mol. The zero-order chi connectivity index (χ0) is 12.3. The normalized spacial score (nSPS) is 10.4. The van der Waals surface area contributed by atoms with Gasteiger partial charge in [0, 0.05) is 12.3 Å². The van der Waals surface area contributed by atoms with Gasteiger partial charge in [0.1, 0.15) is 12.0 Å². The summed E-state index contributed by atoms with van der Waals surface area (Å²) < 4.78 is 5.09. The Labute approximate surface area is 102 Å². The molecule has 0 atom stereocenters. The fraction of sp³-hybridized carbons (Fsp3) is 0.167. The molecule has 0 unspecified atom stereocenters. The maximum Gasteiger partial charge on any atom is 0.226 e. The summed E-state index contributed by atoms with van der Waals surface area (Å²) in [5, 5.41) is 9.90. The molecule has 0 amide bonds. The molecule has 0 fully saturated rings. The van der Waals surface area contributed by atoms with Gasteiger partial charge in [-0.1, -0.05) is 17.8 Å². The van der Waals surface area contributed by atoms with Gasteiger partial charge in [-0.3, -0.25) is 4.79 Å². The van der Waals surface area contributed by atoms with Gasteiger partial charge in [-0.05, 0) is 18.6 Å². The van der Waals surface area contributed by atoms with Crippen molar-refractivity contribution in [1.29, 1.82) is 0 Å². The highest BCUT2D eigenvalue weighted by Crippen LogP contribution is 2.20. The van der Waals surface area contributed by atoms with Crippen LogP contribution in [0.15, 0.2) is 44.9 Å². The van der Waals surface area contributed by atoms with Gasteiger partial charge in [0.25, 0.3) is 0 Å². The van der Waals surface area contributed by atoms with Crippen molar-refractivity contribution < 1.29 is 9.52 Å². The average molecular weight is 249 g/mol. The van der Waals surface area contributed by atoms with E-state index in [4.69, 9.17) is 9.52 Å². The third kappa shape index (κ3) is 3.10. The summed E-state index contributed by atoms with van der Waals surface area (Å²) in [5.74, 6) is 0.651. The first kappa shape index (κ1) is 11.7. The first-order chi connectivity index (χ1) is 8.15. The molecule has 0 aliphatic carbocycles. The topological polar surface area (TPSA) is 63.3 Å². The highest BCUT2D eigenvalue weighted by molar-refractivity contribution is 7.98. The van der Waals surface area contributed by atoms with Gasteiger partial charge in [-0.25, -0.2) is 4.98 Å². The second-order valence-corrected chi connectivity index (χ2v) is 4.55. The number of nitrogens with zero attached hydrogens (tertiary/aromatic N) is 1. The zero-order valence-corrected chi connectivity index (χ0v) is 10.0. The number of aromatic nitrogens is 1. The molecule has 2 heterocycles. The molecule has 2 aromatic heterocycles. The van der Waals surface area contributed by atoms with E-state index < -0.39 is 5.43 Å². The minimum absolute atomic E-state index is 0.368. The Balaban J connectivity index is 2.04. The third-order valence-electron chi connectivity index (χ3n) is 2.11. The van der Waals surface area contributed by atoms with Crippen LogP contribution in [0.4, 0.5) is 0 Å². The Morgan fingerprint density at radius 2 is 2.29 bits per heavy atom. The van der Waals surface area contributed by atoms with Crippen molar-refractivity contribution in [2.45, 2.75) is 17.7 Å². The van der Waals surface area contributed by atoms with Gasteiger partial charge in [-0.15, -0.1) is 0 Å². The van der Waals surface area contributed by atoms with Crippen molar-refractivity contribution in [3.63, 3.8) is 0 Å². The second-order valence-electron chi connectivity index (χ2n) is 3.56. The zero-order valence-electron chi connectivity index (χ0n) is 9.21. The fourth-order valence-electron chi connectivity index (χ4n) is 1.20. The Morgan fingerprint density at radius 1 is 1.47 bits per heavy atom. The molecule has 0 bridgehead atoms. The summed E-state index contributed by atoms with van der Waals surface area (Å²) >= 11 is 1.47. The van der Waals surface area contributed by atoms with Gasteiger partial charge in [-0.2, -0.15) is 0 Å². The lowest BCUT2D eigenvalue weighted by atomic mass is 10.3. The molecule has 1 N–H and O–H groups in total. The van der Waals surface area contributed by atoms with Crippen LogP contribution in [0.5, 0.6) is 5.75 Å². The standard InChI is InChI=1S/C12H11NO3S/c1-8-2-3-12(13-5-8)17-7-9-4-10(14)11(15)6-16-9/h2-6,15H,7H2,1H3. The predicted octanol–water partition coefficient (Wildman–Crippen LogP) is 2.34. The molecule has 0 aliphatic rings. The third-order valence-corrected chi connectivity index (χ3v) is 3.08. The minimum atomic E-state index is -0.427. The van der Waals surface area contributed by atoms with Crippen molar-refractivity contribution >= 4 is 11.8 Å². The molecular formula is C12H11NO3S. The molecule has 88 valence electrons. The number of pyridine rings is 1. The molecule has 2 aromatic rings. The summed E-state index contributed by atoms with van der Waals surface area (Å²) in [5.41, 5.74) is 0.675. The lowest BCUT2D eigenvalue weighted by Crippen LogP contribution is -1.99. The van der Waals surface area contributed by atoms with Crippen LogP contribution >= 0.6 is 11.8 Å². The van der Waals surface area contributed by atoms with Crippen molar-refractivity contribution in [2.24, 2.45) is 0 Å². The Bertz CT molecular complexity index is 563. The molecule has 0 aliphatic heterocycles. The van der Waals surface area contributed by atoms with Crippen LogP contribution in [0.1, 0.15) is 11.3 Å². The number of hydrogen-bond acceptors (Lipinski definition) is 5. The molecule has 0 saturated carbocycles. The fourth-order valence-corrected chi connectivity index (χ4v) is 1.94. The summed E-state index contributed by atoms with van der Waals surface area (Å²) in [7, 11) is 0. The molecule has 0 spiro atoms. The number of aryl methyl sites for hydroxylation is 1. The summed E-state index contributed by atoms with van der Waals surface area (Å²) in [6.45, 7) is 1.97. The molecule has 2 rings (SSSR count). The summed E-state index contributed by atoms with van der Waals surface area (Å²) in [6, 6.07) is 5.18. The maximum atomic E-state index is 11.2. The molecule has 17 heavy (non-hydrogen) atoms. The van der Waals surface area contributed by atoms with Gasteiger partial charge in [0.05, 0.1) is 10.8 Å².